The van der Waals surface area contributed by atoms with Crippen molar-refractivity contribution in [1.29, 1.82) is 0 Å². The maximum Gasteiger partial charge on any atom is 0.0297 e. The third kappa shape index (κ3) is 4.07. The van der Waals surface area contributed by atoms with Gasteiger partial charge in [-0.25, -0.2) is 0 Å². The Hall–Kier alpha value is -0.820. The zero-order valence-electron chi connectivity index (χ0n) is 13.8. The SMILES string of the molecule is CCCC(N)c1cc(C(C)(C)C)ccc1C(C)(C)C. The lowest BCUT2D eigenvalue weighted by Gasteiger charge is -2.29. The number of rotatable bonds is 3. The van der Waals surface area contributed by atoms with Gasteiger partial charge >= 0.3 is 0 Å². The number of benzene rings is 1. The van der Waals surface area contributed by atoms with E-state index in [4.69, 9.17) is 5.73 Å². The molecule has 0 aliphatic rings. The Morgan fingerprint density at radius 2 is 1.58 bits per heavy atom. The molecular weight excluding hydrogens is 230 g/mol. The van der Waals surface area contributed by atoms with Crippen molar-refractivity contribution in [3.05, 3.63) is 34.9 Å². The summed E-state index contributed by atoms with van der Waals surface area (Å²) in [6.45, 7) is 15.8. The van der Waals surface area contributed by atoms with Crippen LogP contribution < -0.4 is 5.73 Å². The molecule has 0 saturated heterocycles. The van der Waals surface area contributed by atoms with Crippen molar-refractivity contribution in [2.75, 3.05) is 0 Å². The van der Waals surface area contributed by atoms with Gasteiger partial charge in [-0.2, -0.15) is 0 Å². The standard InChI is InChI=1S/C18H31N/c1-8-9-16(19)14-12-13(17(2,3)4)10-11-15(14)18(5,6)7/h10-12,16H,8-9,19H2,1-7H3. The third-order valence-corrected chi connectivity index (χ3v) is 3.72. The maximum absolute atomic E-state index is 6.42. The quantitative estimate of drug-likeness (QED) is 0.806. The van der Waals surface area contributed by atoms with Crippen LogP contribution >= 0.6 is 0 Å². The molecule has 0 aromatic heterocycles. The molecule has 1 atom stereocenters. The second-order valence-corrected chi connectivity index (χ2v) is 7.70. The summed E-state index contributed by atoms with van der Waals surface area (Å²) in [4.78, 5) is 0. The molecule has 0 aliphatic carbocycles. The molecule has 0 bridgehead atoms. The molecule has 0 heterocycles. The van der Waals surface area contributed by atoms with E-state index < -0.39 is 0 Å². The van der Waals surface area contributed by atoms with Crippen molar-refractivity contribution in [3.8, 4) is 0 Å². The van der Waals surface area contributed by atoms with E-state index in [0.29, 0.717) is 0 Å². The van der Waals surface area contributed by atoms with Crippen LogP contribution in [0.4, 0.5) is 0 Å². The molecule has 1 aromatic carbocycles. The van der Waals surface area contributed by atoms with Gasteiger partial charge in [0.05, 0.1) is 0 Å². The molecule has 1 heteroatoms. The molecule has 0 saturated carbocycles. The summed E-state index contributed by atoms with van der Waals surface area (Å²) in [5.74, 6) is 0. The molecule has 0 amide bonds. The van der Waals surface area contributed by atoms with Gasteiger partial charge in [0.1, 0.15) is 0 Å². The summed E-state index contributed by atoms with van der Waals surface area (Å²) in [7, 11) is 0. The largest absolute Gasteiger partial charge is 0.324 e. The molecule has 2 N–H and O–H groups in total. The van der Waals surface area contributed by atoms with Gasteiger partial charge in [-0.3, -0.25) is 0 Å². The Morgan fingerprint density at radius 1 is 1.00 bits per heavy atom. The Balaban J connectivity index is 3.35. The number of hydrogen-bond acceptors (Lipinski definition) is 1. The van der Waals surface area contributed by atoms with Crippen LogP contribution in [0.15, 0.2) is 18.2 Å². The van der Waals surface area contributed by atoms with Crippen molar-refractivity contribution in [3.63, 3.8) is 0 Å². The van der Waals surface area contributed by atoms with Crippen LogP contribution in [0.5, 0.6) is 0 Å². The van der Waals surface area contributed by atoms with E-state index >= 15 is 0 Å². The van der Waals surface area contributed by atoms with Crippen molar-refractivity contribution in [2.24, 2.45) is 5.73 Å². The van der Waals surface area contributed by atoms with Crippen LogP contribution in [0.1, 0.15) is 84.0 Å². The lowest BCUT2D eigenvalue weighted by Crippen LogP contribution is -2.22. The fourth-order valence-corrected chi connectivity index (χ4v) is 2.49. The first-order valence-electron chi connectivity index (χ1n) is 7.48. The zero-order valence-corrected chi connectivity index (χ0v) is 13.8. The summed E-state index contributed by atoms with van der Waals surface area (Å²) < 4.78 is 0. The van der Waals surface area contributed by atoms with E-state index in [0.717, 1.165) is 12.8 Å². The van der Waals surface area contributed by atoms with Crippen LogP contribution in [0, 0.1) is 0 Å². The average Bonchev–Trinajstić information content (AvgIpc) is 2.26. The fourth-order valence-electron chi connectivity index (χ4n) is 2.49. The smallest absolute Gasteiger partial charge is 0.0297 e. The van der Waals surface area contributed by atoms with Gasteiger partial charge in [-0.1, -0.05) is 73.1 Å². The van der Waals surface area contributed by atoms with Crippen LogP contribution in [-0.2, 0) is 10.8 Å². The highest BCUT2D eigenvalue weighted by molar-refractivity contribution is 5.40. The van der Waals surface area contributed by atoms with Crippen molar-refractivity contribution in [1.82, 2.24) is 0 Å². The van der Waals surface area contributed by atoms with Crippen LogP contribution in [0.25, 0.3) is 0 Å². The van der Waals surface area contributed by atoms with E-state index in [9.17, 15) is 0 Å². The fraction of sp³-hybridized carbons (Fsp3) is 0.667. The zero-order chi connectivity index (χ0) is 14.8. The van der Waals surface area contributed by atoms with Crippen molar-refractivity contribution < 1.29 is 0 Å². The predicted octanol–water partition coefficient (Wildman–Crippen LogP) is 5.08. The predicted molar refractivity (Wildman–Crippen MR) is 85.7 cm³/mol. The van der Waals surface area contributed by atoms with Crippen molar-refractivity contribution >= 4 is 0 Å². The summed E-state index contributed by atoms with van der Waals surface area (Å²) in [5.41, 5.74) is 10.8. The summed E-state index contributed by atoms with van der Waals surface area (Å²) in [6, 6.07) is 7.04. The van der Waals surface area contributed by atoms with Gasteiger partial charge in [-0.15, -0.1) is 0 Å². The molecule has 1 aromatic rings. The summed E-state index contributed by atoms with van der Waals surface area (Å²) in [5, 5.41) is 0. The Labute approximate surface area is 119 Å². The minimum Gasteiger partial charge on any atom is -0.324 e. The molecule has 1 rings (SSSR count). The lowest BCUT2D eigenvalue weighted by molar-refractivity contribution is 0.548. The third-order valence-electron chi connectivity index (χ3n) is 3.72. The van der Waals surface area contributed by atoms with Crippen LogP contribution in [0.3, 0.4) is 0 Å². The van der Waals surface area contributed by atoms with E-state index in [1.807, 2.05) is 0 Å². The first kappa shape index (κ1) is 16.2. The van der Waals surface area contributed by atoms with Gasteiger partial charge in [0.15, 0.2) is 0 Å². The highest BCUT2D eigenvalue weighted by atomic mass is 14.6. The molecule has 0 radical (unpaired) electrons. The lowest BCUT2D eigenvalue weighted by atomic mass is 9.77. The van der Waals surface area contributed by atoms with Crippen LogP contribution in [0.2, 0.25) is 0 Å². The topological polar surface area (TPSA) is 26.0 Å². The van der Waals surface area contributed by atoms with Gasteiger partial charge < -0.3 is 5.73 Å². The highest BCUT2D eigenvalue weighted by Gasteiger charge is 2.23. The monoisotopic (exact) mass is 261 g/mol. The van der Waals surface area contributed by atoms with Gasteiger partial charge in [-0.05, 0) is 33.9 Å². The molecule has 0 aliphatic heterocycles. The Kier molecular flexibility index (Phi) is 4.84. The Morgan fingerprint density at radius 3 is 2.00 bits per heavy atom. The van der Waals surface area contributed by atoms with Gasteiger partial charge in [0, 0.05) is 6.04 Å². The molecule has 0 fully saturated rings. The van der Waals surface area contributed by atoms with E-state index in [2.05, 4.69) is 66.7 Å². The number of nitrogens with two attached hydrogens (primary N) is 1. The van der Waals surface area contributed by atoms with Crippen LogP contribution in [-0.4, -0.2) is 0 Å². The van der Waals surface area contributed by atoms with E-state index in [-0.39, 0.29) is 16.9 Å². The first-order chi connectivity index (χ1) is 8.57. The number of hydrogen-bond donors (Lipinski definition) is 1. The Bertz CT molecular complexity index is 418. The summed E-state index contributed by atoms with van der Waals surface area (Å²) in [6.07, 6.45) is 2.18. The average molecular weight is 261 g/mol. The van der Waals surface area contributed by atoms with Crippen molar-refractivity contribution in [2.45, 2.75) is 78.2 Å². The molecular formula is C18H31N. The normalized spacial score (nSPS) is 14.5. The molecule has 0 spiro atoms. The molecule has 108 valence electrons. The molecule has 19 heavy (non-hydrogen) atoms. The van der Waals surface area contributed by atoms with Gasteiger partial charge in [0.25, 0.3) is 0 Å². The summed E-state index contributed by atoms with van der Waals surface area (Å²) >= 11 is 0. The van der Waals surface area contributed by atoms with E-state index in [1.54, 1.807) is 0 Å². The van der Waals surface area contributed by atoms with Gasteiger partial charge in [0.2, 0.25) is 0 Å². The molecule has 1 nitrogen and oxygen atoms in total. The minimum atomic E-state index is 0.150. The maximum atomic E-state index is 6.42. The first-order valence-corrected chi connectivity index (χ1v) is 7.48. The molecule has 1 unspecified atom stereocenters. The highest BCUT2D eigenvalue weighted by Crippen LogP contribution is 2.34. The van der Waals surface area contributed by atoms with E-state index in [1.165, 1.54) is 16.7 Å². The second kappa shape index (κ2) is 5.66. The second-order valence-electron chi connectivity index (χ2n) is 7.70. The minimum absolute atomic E-state index is 0.150.